The van der Waals surface area contributed by atoms with Gasteiger partial charge in [0.15, 0.2) is 5.43 Å². The third-order valence-corrected chi connectivity index (χ3v) is 3.84. The number of aromatic amines is 1. The summed E-state index contributed by atoms with van der Waals surface area (Å²) in [6.07, 6.45) is 0. The first-order valence-electron chi connectivity index (χ1n) is 8.20. The molecule has 3 aromatic rings. The zero-order valence-corrected chi connectivity index (χ0v) is 14.2. The molecule has 0 aliphatic rings. The Hall–Kier alpha value is -3.08. The third-order valence-electron chi connectivity index (χ3n) is 3.84. The second kappa shape index (κ2) is 7.21. The Morgan fingerprint density at radius 3 is 2.48 bits per heavy atom. The van der Waals surface area contributed by atoms with Crippen LogP contribution in [0.1, 0.15) is 24.2 Å². The van der Waals surface area contributed by atoms with Gasteiger partial charge in [0.05, 0.1) is 24.3 Å². The van der Waals surface area contributed by atoms with Crippen LogP contribution in [-0.2, 0) is 4.74 Å². The summed E-state index contributed by atoms with van der Waals surface area (Å²) in [5.74, 6) is 0.314. The number of fused-ring (bicyclic) bond motifs is 1. The Balaban J connectivity index is 2.12. The minimum absolute atomic E-state index is 0.149. The molecule has 0 spiro atoms. The monoisotopic (exact) mass is 337 g/mol. The zero-order chi connectivity index (χ0) is 17.8. The van der Waals surface area contributed by atoms with Crippen LogP contribution in [0.4, 0.5) is 0 Å². The number of rotatable bonds is 5. The quantitative estimate of drug-likeness (QED) is 0.720. The highest BCUT2D eigenvalue weighted by Crippen LogP contribution is 2.23. The van der Waals surface area contributed by atoms with Crippen LogP contribution in [0.3, 0.4) is 0 Å². The van der Waals surface area contributed by atoms with E-state index in [2.05, 4.69) is 4.98 Å². The number of H-pyrrole nitrogens is 1. The molecule has 0 unspecified atom stereocenters. The molecule has 3 rings (SSSR count). The van der Waals surface area contributed by atoms with E-state index in [0.29, 0.717) is 28.8 Å². The first kappa shape index (κ1) is 16.8. The van der Waals surface area contributed by atoms with Crippen molar-refractivity contribution in [1.29, 1.82) is 0 Å². The molecule has 2 aromatic carbocycles. The average molecular weight is 337 g/mol. The molecule has 0 fully saturated rings. The number of aromatic nitrogens is 1. The SMILES string of the molecule is CCOC(=O)c1cccc2c(=O)cc(-c3ccc(OCC)cc3)[nH]c12. The fourth-order valence-electron chi connectivity index (χ4n) is 2.70. The van der Waals surface area contributed by atoms with Crippen LogP contribution in [0.15, 0.2) is 53.3 Å². The molecule has 1 aromatic heterocycles. The van der Waals surface area contributed by atoms with Gasteiger partial charge in [0.2, 0.25) is 0 Å². The van der Waals surface area contributed by atoms with Crippen LogP contribution in [0, 0.1) is 0 Å². The van der Waals surface area contributed by atoms with E-state index in [0.717, 1.165) is 11.3 Å². The number of esters is 1. The van der Waals surface area contributed by atoms with Crippen LogP contribution >= 0.6 is 0 Å². The molecule has 5 nitrogen and oxygen atoms in total. The fourth-order valence-corrected chi connectivity index (χ4v) is 2.70. The number of carbonyl (C=O) groups is 1. The summed E-state index contributed by atoms with van der Waals surface area (Å²) >= 11 is 0. The Morgan fingerprint density at radius 2 is 1.80 bits per heavy atom. The topological polar surface area (TPSA) is 68.4 Å². The van der Waals surface area contributed by atoms with E-state index in [1.807, 2.05) is 31.2 Å². The highest BCUT2D eigenvalue weighted by atomic mass is 16.5. The van der Waals surface area contributed by atoms with Crippen LogP contribution in [0.25, 0.3) is 22.2 Å². The smallest absolute Gasteiger partial charge is 0.340 e. The molecule has 25 heavy (non-hydrogen) atoms. The van der Waals surface area contributed by atoms with Crippen LogP contribution in [-0.4, -0.2) is 24.2 Å². The maximum Gasteiger partial charge on any atom is 0.340 e. The van der Waals surface area contributed by atoms with Gasteiger partial charge in [-0.3, -0.25) is 4.79 Å². The van der Waals surface area contributed by atoms with Gasteiger partial charge in [0.1, 0.15) is 5.75 Å². The molecule has 1 N–H and O–H groups in total. The summed E-state index contributed by atoms with van der Waals surface area (Å²) in [6, 6.07) is 14.0. The molecule has 0 saturated heterocycles. The lowest BCUT2D eigenvalue weighted by Crippen LogP contribution is -2.10. The van der Waals surface area contributed by atoms with Gasteiger partial charge >= 0.3 is 5.97 Å². The van der Waals surface area contributed by atoms with Crippen LogP contribution in [0.5, 0.6) is 5.75 Å². The van der Waals surface area contributed by atoms with E-state index in [4.69, 9.17) is 9.47 Å². The molecule has 0 bridgehead atoms. The van der Waals surface area contributed by atoms with E-state index in [1.54, 1.807) is 25.1 Å². The second-order valence-corrected chi connectivity index (χ2v) is 5.45. The van der Waals surface area contributed by atoms with E-state index in [9.17, 15) is 9.59 Å². The summed E-state index contributed by atoms with van der Waals surface area (Å²) in [6.45, 7) is 4.54. The lowest BCUT2D eigenvalue weighted by atomic mass is 10.1. The number of nitrogens with one attached hydrogen (secondary N) is 1. The molecule has 0 radical (unpaired) electrons. The van der Waals surface area contributed by atoms with Crippen molar-refractivity contribution in [2.45, 2.75) is 13.8 Å². The molecule has 0 amide bonds. The predicted molar refractivity (Wildman–Crippen MR) is 97.1 cm³/mol. The highest BCUT2D eigenvalue weighted by molar-refractivity contribution is 6.03. The van der Waals surface area contributed by atoms with Gasteiger partial charge < -0.3 is 14.5 Å². The molecule has 5 heteroatoms. The summed E-state index contributed by atoms with van der Waals surface area (Å²) in [4.78, 5) is 27.9. The van der Waals surface area contributed by atoms with Crippen molar-refractivity contribution < 1.29 is 14.3 Å². The van der Waals surface area contributed by atoms with Crippen molar-refractivity contribution >= 4 is 16.9 Å². The average Bonchev–Trinajstić information content (AvgIpc) is 2.62. The van der Waals surface area contributed by atoms with Crippen LogP contribution in [0.2, 0.25) is 0 Å². The Kier molecular flexibility index (Phi) is 4.84. The van der Waals surface area contributed by atoms with E-state index in [1.165, 1.54) is 6.07 Å². The number of hydrogen-bond acceptors (Lipinski definition) is 4. The predicted octanol–water partition coefficient (Wildman–Crippen LogP) is 3.77. The molecular formula is C20H19NO4. The first-order chi connectivity index (χ1) is 12.1. The second-order valence-electron chi connectivity index (χ2n) is 5.45. The molecular weight excluding hydrogens is 318 g/mol. The van der Waals surface area contributed by atoms with Crippen molar-refractivity contribution in [1.82, 2.24) is 4.98 Å². The van der Waals surface area contributed by atoms with Gasteiger partial charge in [0, 0.05) is 17.1 Å². The van der Waals surface area contributed by atoms with Crippen molar-refractivity contribution in [3.8, 4) is 17.0 Å². The Bertz CT molecular complexity index is 958. The maximum atomic E-state index is 12.5. The number of hydrogen-bond donors (Lipinski definition) is 1. The summed E-state index contributed by atoms with van der Waals surface area (Å²) in [5.41, 5.74) is 2.16. The number of pyridine rings is 1. The van der Waals surface area contributed by atoms with Gasteiger partial charge in [-0.25, -0.2) is 4.79 Å². The minimum atomic E-state index is -0.451. The largest absolute Gasteiger partial charge is 0.494 e. The minimum Gasteiger partial charge on any atom is -0.494 e. The lowest BCUT2D eigenvalue weighted by molar-refractivity contribution is 0.0528. The lowest BCUT2D eigenvalue weighted by Gasteiger charge is -2.09. The fraction of sp³-hybridized carbons (Fsp3) is 0.200. The third kappa shape index (κ3) is 3.40. The highest BCUT2D eigenvalue weighted by Gasteiger charge is 2.14. The summed E-state index contributed by atoms with van der Waals surface area (Å²) < 4.78 is 10.5. The van der Waals surface area contributed by atoms with Crippen molar-refractivity contribution in [3.63, 3.8) is 0 Å². The standard InChI is InChI=1S/C20H19NO4/c1-3-24-14-10-8-13(9-11-14)17-12-18(22)15-6-5-7-16(19(15)21-17)20(23)25-4-2/h5-12H,3-4H2,1-2H3,(H,21,22). The normalized spacial score (nSPS) is 10.6. The molecule has 0 saturated carbocycles. The van der Waals surface area contributed by atoms with Gasteiger partial charge in [-0.15, -0.1) is 0 Å². The van der Waals surface area contributed by atoms with E-state index in [-0.39, 0.29) is 12.0 Å². The maximum absolute atomic E-state index is 12.5. The first-order valence-corrected chi connectivity index (χ1v) is 8.20. The number of carbonyl (C=O) groups excluding carboxylic acids is 1. The van der Waals surface area contributed by atoms with Crippen molar-refractivity contribution in [2.24, 2.45) is 0 Å². The van der Waals surface area contributed by atoms with Crippen molar-refractivity contribution in [3.05, 3.63) is 64.3 Å². The number of para-hydroxylation sites is 1. The molecule has 0 aliphatic carbocycles. The Labute approximate surface area is 145 Å². The zero-order valence-electron chi connectivity index (χ0n) is 14.2. The van der Waals surface area contributed by atoms with Gasteiger partial charge in [-0.1, -0.05) is 6.07 Å². The van der Waals surface area contributed by atoms with Gasteiger partial charge in [0.25, 0.3) is 0 Å². The van der Waals surface area contributed by atoms with Gasteiger partial charge in [-0.05, 0) is 55.8 Å². The van der Waals surface area contributed by atoms with Gasteiger partial charge in [-0.2, -0.15) is 0 Å². The molecule has 0 aliphatic heterocycles. The van der Waals surface area contributed by atoms with Crippen LogP contribution < -0.4 is 10.2 Å². The Morgan fingerprint density at radius 1 is 1.04 bits per heavy atom. The molecule has 1 heterocycles. The van der Waals surface area contributed by atoms with Crippen molar-refractivity contribution in [2.75, 3.05) is 13.2 Å². The number of benzene rings is 2. The molecule has 128 valence electrons. The van der Waals surface area contributed by atoms with E-state index < -0.39 is 5.97 Å². The number of ether oxygens (including phenoxy) is 2. The van der Waals surface area contributed by atoms with E-state index >= 15 is 0 Å². The summed E-state index contributed by atoms with van der Waals surface area (Å²) in [5, 5.41) is 0.459. The summed E-state index contributed by atoms with van der Waals surface area (Å²) in [7, 11) is 0. The molecule has 0 atom stereocenters.